The highest BCUT2D eigenvalue weighted by molar-refractivity contribution is 5.95. The minimum Gasteiger partial charge on any atom is -0.493 e. The normalized spacial score (nSPS) is 10.6. The number of ether oxygens (including phenoxy) is 3. The van der Waals surface area contributed by atoms with Gasteiger partial charge in [-0.05, 0) is 42.0 Å². The standard InChI is InChI=1S/C23H22N2O4/c1-27-21-10-6-9-19(22(21)28-2)15-24-25-23(26)18-11-13-20(14-12-18)29-16-17-7-4-3-5-8-17/h3-15H,16H2,1-2H3,(H,25,26). The molecule has 0 aliphatic heterocycles. The molecule has 1 amide bonds. The predicted molar refractivity (Wildman–Crippen MR) is 112 cm³/mol. The van der Waals surface area contributed by atoms with Crippen LogP contribution < -0.4 is 19.6 Å². The van der Waals surface area contributed by atoms with Crippen molar-refractivity contribution in [1.82, 2.24) is 5.43 Å². The molecule has 0 fully saturated rings. The van der Waals surface area contributed by atoms with Gasteiger partial charge in [-0.3, -0.25) is 4.79 Å². The molecule has 0 unspecified atom stereocenters. The topological polar surface area (TPSA) is 69.2 Å². The van der Waals surface area contributed by atoms with Gasteiger partial charge in [0, 0.05) is 11.1 Å². The summed E-state index contributed by atoms with van der Waals surface area (Å²) in [5.41, 5.74) is 4.76. The van der Waals surface area contributed by atoms with Crippen LogP contribution in [0.15, 0.2) is 77.9 Å². The van der Waals surface area contributed by atoms with Crippen LogP contribution in [0.1, 0.15) is 21.5 Å². The van der Waals surface area contributed by atoms with Gasteiger partial charge in [0.2, 0.25) is 0 Å². The zero-order chi connectivity index (χ0) is 20.5. The highest BCUT2D eigenvalue weighted by Crippen LogP contribution is 2.29. The van der Waals surface area contributed by atoms with E-state index >= 15 is 0 Å². The van der Waals surface area contributed by atoms with Gasteiger partial charge in [0.05, 0.1) is 20.4 Å². The summed E-state index contributed by atoms with van der Waals surface area (Å²) >= 11 is 0. The van der Waals surface area contributed by atoms with E-state index in [1.807, 2.05) is 42.5 Å². The molecule has 0 spiro atoms. The fourth-order valence-corrected chi connectivity index (χ4v) is 2.68. The van der Waals surface area contributed by atoms with Gasteiger partial charge in [0.1, 0.15) is 12.4 Å². The summed E-state index contributed by atoms with van der Waals surface area (Å²) < 4.78 is 16.3. The maximum atomic E-state index is 12.3. The molecule has 3 rings (SSSR count). The molecule has 29 heavy (non-hydrogen) atoms. The SMILES string of the molecule is COc1cccc(C=NNC(=O)c2ccc(OCc3ccccc3)cc2)c1OC. The van der Waals surface area contributed by atoms with Crippen LogP contribution in [0.3, 0.4) is 0 Å². The number of hydrogen-bond donors (Lipinski definition) is 1. The molecule has 148 valence electrons. The van der Waals surface area contributed by atoms with Gasteiger partial charge in [-0.2, -0.15) is 5.10 Å². The second-order valence-electron chi connectivity index (χ2n) is 6.08. The Morgan fingerprint density at radius 3 is 2.38 bits per heavy atom. The van der Waals surface area contributed by atoms with E-state index in [1.165, 1.54) is 6.21 Å². The smallest absolute Gasteiger partial charge is 0.271 e. The molecular weight excluding hydrogens is 368 g/mol. The summed E-state index contributed by atoms with van der Waals surface area (Å²) in [5.74, 6) is 1.51. The van der Waals surface area contributed by atoms with Crippen molar-refractivity contribution < 1.29 is 19.0 Å². The van der Waals surface area contributed by atoms with Crippen LogP contribution in [-0.4, -0.2) is 26.3 Å². The van der Waals surface area contributed by atoms with Gasteiger partial charge in [0.25, 0.3) is 5.91 Å². The van der Waals surface area contributed by atoms with E-state index in [2.05, 4.69) is 10.5 Å². The van der Waals surface area contributed by atoms with E-state index in [0.29, 0.717) is 35.0 Å². The quantitative estimate of drug-likeness (QED) is 0.465. The summed E-state index contributed by atoms with van der Waals surface area (Å²) in [6.07, 6.45) is 1.51. The van der Waals surface area contributed by atoms with E-state index in [-0.39, 0.29) is 5.91 Å². The number of amides is 1. The van der Waals surface area contributed by atoms with Crippen molar-refractivity contribution in [1.29, 1.82) is 0 Å². The Hall–Kier alpha value is -3.80. The fourth-order valence-electron chi connectivity index (χ4n) is 2.68. The highest BCUT2D eigenvalue weighted by Gasteiger charge is 2.08. The molecule has 0 atom stereocenters. The molecule has 6 nitrogen and oxygen atoms in total. The molecule has 0 aromatic heterocycles. The van der Waals surface area contributed by atoms with Gasteiger partial charge in [0.15, 0.2) is 11.5 Å². The van der Waals surface area contributed by atoms with E-state index in [9.17, 15) is 4.79 Å². The Labute approximate surface area is 169 Å². The van der Waals surface area contributed by atoms with Crippen LogP contribution in [0.4, 0.5) is 0 Å². The van der Waals surface area contributed by atoms with Gasteiger partial charge >= 0.3 is 0 Å². The van der Waals surface area contributed by atoms with Gasteiger partial charge in [-0.15, -0.1) is 0 Å². The van der Waals surface area contributed by atoms with Crippen molar-refractivity contribution in [3.63, 3.8) is 0 Å². The molecule has 6 heteroatoms. The van der Waals surface area contributed by atoms with Gasteiger partial charge in [-0.25, -0.2) is 5.43 Å². The Balaban J connectivity index is 1.58. The summed E-state index contributed by atoms with van der Waals surface area (Å²) in [5, 5.41) is 4.01. The number of para-hydroxylation sites is 1. The third kappa shape index (κ3) is 5.35. The molecule has 0 bridgehead atoms. The molecule has 3 aromatic carbocycles. The van der Waals surface area contributed by atoms with E-state index < -0.39 is 0 Å². The number of benzene rings is 3. The first kappa shape index (κ1) is 19.9. The largest absolute Gasteiger partial charge is 0.493 e. The van der Waals surface area contributed by atoms with Crippen LogP contribution in [0.25, 0.3) is 0 Å². The van der Waals surface area contributed by atoms with Crippen molar-refractivity contribution in [3.05, 3.63) is 89.5 Å². The second kappa shape index (κ2) is 9.94. The average molecular weight is 390 g/mol. The lowest BCUT2D eigenvalue weighted by atomic mass is 10.2. The van der Waals surface area contributed by atoms with Gasteiger partial charge < -0.3 is 14.2 Å². The average Bonchev–Trinajstić information content (AvgIpc) is 2.78. The molecule has 0 saturated carbocycles. The third-order valence-electron chi connectivity index (χ3n) is 4.17. The van der Waals surface area contributed by atoms with Crippen molar-refractivity contribution >= 4 is 12.1 Å². The summed E-state index contributed by atoms with van der Waals surface area (Å²) in [7, 11) is 3.11. The van der Waals surface area contributed by atoms with Crippen LogP contribution in [0, 0.1) is 0 Å². The zero-order valence-electron chi connectivity index (χ0n) is 16.3. The molecule has 0 aliphatic carbocycles. The van der Waals surface area contributed by atoms with Crippen molar-refractivity contribution in [2.75, 3.05) is 14.2 Å². The number of methoxy groups -OCH3 is 2. The minimum absolute atomic E-state index is 0.322. The van der Waals surface area contributed by atoms with Gasteiger partial charge in [-0.1, -0.05) is 36.4 Å². The second-order valence-corrected chi connectivity index (χ2v) is 6.08. The summed E-state index contributed by atoms with van der Waals surface area (Å²) in [4.78, 5) is 12.3. The Morgan fingerprint density at radius 2 is 1.69 bits per heavy atom. The first-order valence-corrected chi connectivity index (χ1v) is 9.02. The fraction of sp³-hybridized carbons (Fsp3) is 0.130. The number of hydrogen-bond acceptors (Lipinski definition) is 5. The number of carbonyl (C=O) groups is 1. The zero-order valence-corrected chi connectivity index (χ0v) is 16.3. The summed E-state index contributed by atoms with van der Waals surface area (Å²) in [6, 6.07) is 22.2. The number of rotatable bonds is 8. The van der Waals surface area contributed by atoms with E-state index in [1.54, 1.807) is 44.6 Å². The molecule has 1 N–H and O–H groups in total. The number of nitrogens with one attached hydrogen (secondary N) is 1. The van der Waals surface area contributed by atoms with Crippen molar-refractivity contribution in [2.24, 2.45) is 5.10 Å². The third-order valence-corrected chi connectivity index (χ3v) is 4.17. The number of nitrogens with zero attached hydrogens (tertiary/aromatic N) is 1. The monoisotopic (exact) mass is 390 g/mol. The lowest BCUT2D eigenvalue weighted by Gasteiger charge is -2.09. The molecule has 3 aromatic rings. The summed E-state index contributed by atoms with van der Waals surface area (Å²) in [6.45, 7) is 0.471. The molecule has 0 radical (unpaired) electrons. The first-order valence-electron chi connectivity index (χ1n) is 9.02. The Morgan fingerprint density at radius 1 is 0.931 bits per heavy atom. The van der Waals surface area contributed by atoms with Crippen molar-refractivity contribution in [3.8, 4) is 17.2 Å². The molecule has 0 heterocycles. The maximum absolute atomic E-state index is 12.3. The van der Waals surface area contributed by atoms with Crippen LogP contribution in [0.2, 0.25) is 0 Å². The minimum atomic E-state index is -0.322. The van der Waals surface area contributed by atoms with Crippen LogP contribution >= 0.6 is 0 Å². The lowest BCUT2D eigenvalue weighted by molar-refractivity contribution is 0.0955. The van der Waals surface area contributed by atoms with Crippen LogP contribution in [-0.2, 0) is 6.61 Å². The number of carbonyl (C=O) groups excluding carboxylic acids is 1. The number of hydrazone groups is 1. The van der Waals surface area contributed by atoms with E-state index in [0.717, 1.165) is 5.56 Å². The molecule has 0 saturated heterocycles. The molecular formula is C23H22N2O4. The Bertz CT molecular complexity index is 970. The highest BCUT2D eigenvalue weighted by atomic mass is 16.5. The first-order chi connectivity index (χ1) is 14.2. The predicted octanol–water partition coefficient (Wildman–Crippen LogP) is 4.05. The Kier molecular flexibility index (Phi) is 6.84. The van der Waals surface area contributed by atoms with Crippen LogP contribution in [0.5, 0.6) is 17.2 Å². The maximum Gasteiger partial charge on any atom is 0.271 e. The lowest BCUT2D eigenvalue weighted by Crippen LogP contribution is -2.17. The van der Waals surface area contributed by atoms with E-state index in [4.69, 9.17) is 14.2 Å². The van der Waals surface area contributed by atoms with Crippen molar-refractivity contribution in [2.45, 2.75) is 6.61 Å². The molecule has 0 aliphatic rings.